The first-order valence-electron chi connectivity index (χ1n) is 12.5. The summed E-state index contributed by atoms with van der Waals surface area (Å²) < 4.78 is 0. The molecule has 0 unspecified atom stereocenters. The summed E-state index contributed by atoms with van der Waals surface area (Å²) in [6.07, 6.45) is 0. The first-order valence-corrected chi connectivity index (χ1v) is 12.5. The lowest BCUT2D eigenvalue weighted by atomic mass is 10.1. The summed E-state index contributed by atoms with van der Waals surface area (Å²) in [7, 11) is 0. The van der Waals surface area contributed by atoms with Crippen molar-refractivity contribution in [3.8, 4) is 0 Å². The van der Waals surface area contributed by atoms with Crippen molar-refractivity contribution in [3.63, 3.8) is 0 Å². The van der Waals surface area contributed by atoms with E-state index in [4.69, 9.17) is 0 Å². The van der Waals surface area contributed by atoms with Gasteiger partial charge in [0.2, 0.25) is 0 Å². The van der Waals surface area contributed by atoms with E-state index < -0.39 is 0 Å². The minimum atomic E-state index is 1.12. The Morgan fingerprint density at radius 1 is 0.361 bits per heavy atom. The molecule has 0 fully saturated rings. The molecule has 0 aromatic heterocycles. The molecule has 0 N–H and O–H groups in total. The second-order valence-electron chi connectivity index (χ2n) is 9.44. The highest BCUT2D eigenvalue weighted by molar-refractivity contribution is 5.84. The average molecular weight is 469 g/mol. The zero-order valence-electron chi connectivity index (χ0n) is 21.4. The molecular weight excluding hydrogens is 436 g/mol. The third-order valence-corrected chi connectivity index (χ3v) is 6.56. The lowest BCUT2D eigenvalue weighted by molar-refractivity contribution is 1.21. The van der Waals surface area contributed by atoms with Crippen LogP contribution in [0, 0.1) is 27.7 Å². The highest BCUT2D eigenvalue weighted by Crippen LogP contribution is 2.41. The van der Waals surface area contributed by atoms with E-state index in [-0.39, 0.29) is 0 Å². The van der Waals surface area contributed by atoms with Gasteiger partial charge in [-0.1, -0.05) is 77.9 Å². The van der Waals surface area contributed by atoms with Crippen LogP contribution in [0.15, 0.2) is 121 Å². The van der Waals surface area contributed by atoms with Crippen LogP contribution in [0.25, 0.3) is 0 Å². The van der Waals surface area contributed by atoms with Crippen LogP contribution in [-0.2, 0) is 0 Å². The number of rotatable bonds is 6. The van der Waals surface area contributed by atoms with E-state index >= 15 is 0 Å². The third-order valence-electron chi connectivity index (χ3n) is 6.56. The predicted octanol–water partition coefficient (Wildman–Crippen LogP) is 9.86. The van der Waals surface area contributed by atoms with E-state index in [1.807, 2.05) is 0 Å². The molecular formula is C34H32N2. The van der Waals surface area contributed by atoms with Gasteiger partial charge >= 0.3 is 0 Å². The second kappa shape index (κ2) is 10.1. The molecule has 0 radical (unpaired) electrons. The molecule has 0 saturated carbocycles. The Hall–Kier alpha value is -4.30. The lowest BCUT2D eigenvalue weighted by Crippen LogP contribution is -2.14. The fourth-order valence-corrected chi connectivity index (χ4v) is 4.89. The predicted molar refractivity (Wildman–Crippen MR) is 155 cm³/mol. The van der Waals surface area contributed by atoms with Gasteiger partial charge in [-0.25, -0.2) is 0 Å². The van der Waals surface area contributed by atoms with Gasteiger partial charge < -0.3 is 9.80 Å². The largest absolute Gasteiger partial charge is 0.310 e. The van der Waals surface area contributed by atoms with Crippen LogP contribution in [0.3, 0.4) is 0 Å². The minimum absolute atomic E-state index is 1.12. The second-order valence-corrected chi connectivity index (χ2v) is 9.44. The molecule has 0 aliphatic rings. The molecule has 36 heavy (non-hydrogen) atoms. The maximum absolute atomic E-state index is 2.35. The van der Waals surface area contributed by atoms with Gasteiger partial charge in [0.05, 0.1) is 0 Å². The molecule has 0 aliphatic heterocycles. The maximum atomic E-state index is 2.35. The third kappa shape index (κ3) is 4.76. The van der Waals surface area contributed by atoms with E-state index in [1.165, 1.54) is 33.6 Å². The fraction of sp³-hybridized carbons (Fsp3) is 0.118. The van der Waals surface area contributed by atoms with Crippen molar-refractivity contribution in [1.82, 2.24) is 0 Å². The summed E-state index contributed by atoms with van der Waals surface area (Å²) in [6, 6.07) is 43.4. The van der Waals surface area contributed by atoms with Gasteiger partial charge in [-0.05, 0) is 93.4 Å². The molecule has 5 aromatic carbocycles. The summed E-state index contributed by atoms with van der Waals surface area (Å²) in [5.41, 5.74) is 11.9. The fourth-order valence-electron chi connectivity index (χ4n) is 4.89. The molecule has 0 aliphatic carbocycles. The highest BCUT2D eigenvalue weighted by atomic mass is 15.2. The summed E-state index contributed by atoms with van der Waals surface area (Å²) in [5.74, 6) is 0. The van der Waals surface area contributed by atoms with Gasteiger partial charge in [0, 0.05) is 34.1 Å². The monoisotopic (exact) mass is 468 g/mol. The number of benzene rings is 5. The number of anilines is 6. The number of nitrogens with zero attached hydrogens (tertiary/aromatic N) is 2. The van der Waals surface area contributed by atoms with Crippen molar-refractivity contribution >= 4 is 34.1 Å². The first kappa shape index (κ1) is 23.4. The zero-order valence-corrected chi connectivity index (χ0v) is 21.4. The summed E-state index contributed by atoms with van der Waals surface area (Å²) >= 11 is 0. The van der Waals surface area contributed by atoms with Crippen molar-refractivity contribution in [2.24, 2.45) is 0 Å². The quantitative estimate of drug-likeness (QED) is 0.245. The van der Waals surface area contributed by atoms with Crippen LogP contribution in [-0.4, -0.2) is 0 Å². The zero-order chi connectivity index (χ0) is 25.1. The van der Waals surface area contributed by atoms with E-state index in [9.17, 15) is 0 Å². The number of aryl methyl sites for hydroxylation is 4. The molecule has 0 heterocycles. The normalized spacial score (nSPS) is 10.8. The van der Waals surface area contributed by atoms with E-state index in [0.717, 1.165) is 22.7 Å². The van der Waals surface area contributed by atoms with Crippen molar-refractivity contribution in [2.75, 3.05) is 9.80 Å². The van der Waals surface area contributed by atoms with Crippen LogP contribution < -0.4 is 9.80 Å². The Labute approximate surface area is 215 Å². The van der Waals surface area contributed by atoms with Crippen LogP contribution in [0.5, 0.6) is 0 Å². The molecule has 5 rings (SSSR count). The summed E-state index contributed by atoms with van der Waals surface area (Å²) in [6.45, 7) is 8.67. The average Bonchev–Trinajstić information content (AvgIpc) is 2.89. The minimum Gasteiger partial charge on any atom is -0.310 e. The number of hydrogen-bond donors (Lipinski definition) is 0. The maximum Gasteiger partial charge on any atom is 0.0490 e. The van der Waals surface area contributed by atoms with Crippen molar-refractivity contribution < 1.29 is 0 Å². The summed E-state index contributed by atoms with van der Waals surface area (Å²) in [4.78, 5) is 4.70. The van der Waals surface area contributed by atoms with Gasteiger partial charge in [-0.3, -0.25) is 0 Å². The van der Waals surface area contributed by atoms with E-state index in [2.05, 4.69) is 159 Å². The molecule has 0 bridgehead atoms. The first-order chi connectivity index (χ1) is 17.5. The van der Waals surface area contributed by atoms with Crippen LogP contribution >= 0.6 is 0 Å². The Kier molecular flexibility index (Phi) is 6.60. The van der Waals surface area contributed by atoms with Crippen molar-refractivity contribution in [1.29, 1.82) is 0 Å². The smallest absolute Gasteiger partial charge is 0.0490 e. The SMILES string of the molecule is Cc1ccc(N(c2ccccc2)c2cccc(N(c3ccccc3)c3ccc(C)cc3C)c2)c(C)c1. The van der Waals surface area contributed by atoms with Gasteiger partial charge in [0.15, 0.2) is 0 Å². The van der Waals surface area contributed by atoms with Gasteiger partial charge in [0.1, 0.15) is 0 Å². The number of para-hydroxylation sites is 2. The highest BCUT2D eigenvalue weighted by Gasteiger charge is 2.19. The standard InChI is InChI=1S/C34H32N2/c1-25-18-20-33(27(3)22-25)35(29-12-7-5-8-13-29)31-16-11-17-32(24-31)36(30-14-9-6-10-15-30)34-21-19-26(2)23-28(34)4/h5-24H,1-4H3. The van der Waals surface area contributed by atoms with Crippen molar-refractivity contribution in [2.45, 2.75) is 27.7 Å². The molecule has 178 valence electrons. The van der Waals surface area contributed by atoms with Gasteiger partial charge in [0.25, 0.3) is 0 Å². The molecule has 0 spiro atoms. The topological polar surface area (TPSA) is 6.48 Å². The number of hydrogen-bond acceptors (Lipinski definition) is 2. The molecule has 5 aromatic rings. The molecule has 0 atom stereocenters. The van der Waals surface area contributed by atoms with Gasteiger partial charge in [-0.15, -0.1) is 0 Å². The van der Waals surface area contributed by atoms with Crippen molar-refractivity contribution in [3.05, 3.63) is 144 Å². The van der Waals surface area contributed by atoms with Crippen LogP contribution in [0.1, 0.15) is 22.3 Å². The lowest BCUT2D eigenvalue weighted by Gasteiger charge is -2.31. The van der Waals surface area contributed by atoms with Crippen LogP contribution in [0.4, 0.5) is 34.1 Å². The van der Waals surface area contributed by atoms with Gasteiger partial charge in [-0.2, -0.15) is 0 Å². The van der Waals surface area contributed by atoms with Crippen LogP contribution in [0.2, 0.25) is 0 Å². The van der Waals surface area contributed by atoms with E-state index in [1.54, 1.807) is 0 Å². The van der Waals surface area contributed by atoms with E-state index in [0.29, 0.717) is 0 Å². The Morgan fingerprint density at radius 2 is 0.750 bits per heavy atom. The Bertz CT molecular complexity index is 1360. The molecule has 2 heteroatoms. The molecule has 0 amide bonds. The molecule has 0 saturated heterocycles. The summed E-state index contributed by atoms with van der Waals surface area (Å²) in [5, 5.41) is 0. The molecule has 2 nitrogen and oxygen atoms in total. The Morgan fingerprint density at radius 3 is 1.14 bits per heavy atom. The Balaban J connectivity index is 1.69.